The summed E-state index contributed by atoms with van der Waals surface area (Å²) >= 11 is 0. The van der Waals surface area contributed by atoms with E-state index in [4.69, 9.17) is 5.11 Å². The first-order chi connectivity index (χ1) is 9.19. The summed E-state index contributed by atoms with van der Waals surface area (Å²) in [5.74, 6) is 0. The van der Waals surface area contributed by atoms with Crippen LogP contribution in [-0.2, 0) is 13.0 Å². The van der Waals surface area contributed by atoms with E-state index < -0.39 is 0 Å². The Kier molecular flexibility index (Phi) is 4.58. The molecule has 0 aliphatic heterocycles. The number of aliphatic hydroxyl groups is 1. The molecule has 0 amide bonds. The van der Waals surface area contributed by atoms with Gasteiger partial charge in [0.25, 0.3) is 0 Å². The topological polar surface area (TPSA) is 32.3 Å². The van der Waals surface area contributed by atoms with Gasteiger partial charge >= 0.3 is 0 Å². The Hall–Kier alpha value is -1.80. The van der Waals surface area contributed by atoms with E-state index in [0.29, 0.717) is 0 Å². The minimum atomic E-state index is 0.204. The van der Waals surface area contributed by atoms with Gasteiger partial charge < -0.3 is 10.4 Å². The summed E-state index contributed by atoms with van der Waals surface area (Å²) in [6.45, 7) is 5.31. The molecular formula is C17H21NO. The molecule has 0 unspecified atom stereocenters. The molecule has 0 aromatic heterocycles. The van der Waals surface area contributed by atoms with Crippen molar-refractivity contribution < 1.29 is 5.11 Å². The average Bonchev–Trinajstić information content (AvgIpc) is 2.42. The molecule has 0 spiro atoms. The van der Waals surface area contributed by atoms with E-state index in [2.05, 4.69) is 61.6 Å². The van der Waals surface area contributed by atoms with Crippen LogP contribution in [0.1, 0.15) is 22.3 Å². The van der Waals surface area contributed by atoms with Crippen LogP contribution in [0.25, 0.3) is 0 Å². The van der Waals surface area contributed by atoms with Crippen LogP contribution in [0.2, 0.25) is 0 Å². The van der Waals surface area contributed by atoms with E-state index in [-0.39, 0.29) is 6.61 Å². The molecule has 0 radical (unpaired) electrons. The quantitative estimate of drug-likeness (QED) is 0.857. The Morgan fingerprint density at radius 3 is 2.21 bits per heavy atom. The summed E-state index contributed by atoms with van der Waals surface area (Å²) in [5, 5.41) is 12.3. The highest BCUT2D eigenvalue weighted by molar-refractivity contribution is 5.45. The van der Waals surface area contributed by atoms with Crippen LogP contribution < -0.4 is 5.32 Å². The van der Waals surface area contributed by atoms with E-state index in [9.17, 15) is 0 Å². The summed E-state index contributed by atoms with van der Waals surface area (Å²) in [6, 6.07) is 14.8. The third kappa shape index (κ3) is 3.83. The molecule has 2 nitrogen and oxygen atoms in total. The molecule has 0 heterocycles. The van der Waals surface area contributed by atoms with Crippen LogP contribution in [0.15, 0.2) is 42.5 Å². The van der Waals surface area contributed by atoms with Crippen LogP contribution in [0.5, 0.6) is 0 Å². The van der Waals surface area contributed by atoms with Crippen molar-refractivity contribution in [3.63, 3.8) is 0 Å². The molecular weight excluding hydrogens is 234 g/mol. The van der Waals surface area contributed by atoms with Crippen LogP contribution >= 0.6 is 0 Å². The Balaban J connectivity index is 1.96. The molecule has 0 atom stereocenters. The largest absolute Gasteiger partial charge is 0.396 e. The van der Waals surface area contributed by atoms with Crippen LogP contribution in [0.4, 0.5) is 5.69 Å². The number of rotatable bonds is 5. The predicted octanol–water partition coefficient (Wildman–Crippen LogP) is 3.45. The number of hydrogen-bond acceptors (Lipinski definition) is 2. The lowest BCUT2D eigenvalue weighted by Gasteiger charge is -2.09. The zero-order chi connectivity index (χ0) is 13.7. The zero-order valence-electron chi connectivity index (χ0n) is 11.6. The average molecular weight is 255 g/mol. The van der Waals surface area contributed by atoms with Crippen molar-refractivity contribution in [2.24, 2.45) is 0 Å². The lowest BCUT2D eigenvalue weighted by atomic mass is 10.1. The van der Waals surface area contributed by atoms with Gasteiger partial charge in [0.1, 0.15) is 0 Å². The van der Waals surface area contributed by atoms with E-state index >= 15 is 0 Å². The van der Waals surface area contributed by atoms with Gasteiger partial charge in [0.05, 0.1) is 0 Å². The number of benzene rings is 2. The van der Waals surface area contributed by atoms with Gasteiger partial charge in [-0.1, -0.05) is 30.3 Å². The lowest BCUT2D eigenvalue weighted by molar-refractivity contribution is 0.299. The third-order valence-corrected chi connectivity index (χ3v) is 3.42. The summed E-state index contributed by atoms with van der Waals surface area (Å²) in [7, 11) is 0. The first kappa shape index (κ1) is 13.6. The van der Waals surface area contributed by atoms with Crippen LogP contribution in [0, 0.1) is 13.8 Å². The fourth-order valence-corrected chi connectivity index (χ4v) is 2.04. The standard InChI is InChI=1S/C17H21NO/c1-13-3-4-16(11-14(13)2)12-18-17-7-5-15(6-8-17)9-10-19/h3-8,11,18-19H,9-10,12H2,1-2H3. The van der Waals surface area contributed by atoms with Crippen LogP contribution in [0.3, 0.4) is 0 Å². The van der Waals surface area contributed by atoms with Crippen molar-refractivity contribution in [1.82, 2.24) is 0 Å². The van der Waals surface area contributed by atoms with E-state index in [1.54, 1.807) is 0 Å². The van der Waals surface area contributed by atoms with Crippen molar-refractivity contribution in [3.8, 4) is 0 Å². The van der Waals surface area contributed by atoms with Gasteiger partial charge in [0, 0.05) is 18.8 Å². The molecule has 2 heteroatoms. The summed E-state index contributed by atoms with van der Waals surface area (Å²) in [6.07, 6.45) is 0.720. The van der Waals surface area contributed by atoms with Gasteiger partial charge in [-0.25, -0.2) is 0 Å². The maximum absolute atomic E-state index is 8.87. The Morgan fingerprint density at radius 2 is 1.58 bits per heavy atom. The van der Waals surface area contributed by atoms with Crippen molar-refractivity contribution in [2.45, 2.75) is 26.8 Å². The second kappa shape index (κ2) is 6.39. The van der Waals surface area contributed by atoms with Gasteiger partial charge in [-0.2, -0.15) is 0 Å². The SMILES string of the molecule is Cc1ccc(CNc2ccc(CCO)cc2)cc1C. The molecule has 0 aliphatic rings. The van der Waals surface area contributed by atoms with Crippen molar-refractivity contribution in [2.75, 3.05) is 11.9 Å². The minimum Gasteiger partial charge on any atom is -0.396 e. The minimum absolute atomic E-state index is 0.204. The monoisotopic (exact) mass is 255 g/mol. The van der Waals surface area contributed by atoms with Crippen molar-refractivity contribution >= 4 is 5.69 Å². The number of nitrogens with one attached hydrogen (secondary N) is 1. The van der Waals surface area contributed by atoms with Crippen molar-refractivity contribution in [1.29, 1.82) is 0 Å². The third-order valence-electron chi connectivity index (χ3n) is 3.42. The first-order valence-corrected chi connectivity index (χ1v) is 6.69. The van der Waals surface area contributed by atoms with Gasteiger partial charge in [-0.3, -0.25) is 0 Å². The predicted molar refractivity (Wildman–Crippen MR) is 80.5 cm³/mol. The molecule has 0 aliphatic carbocycles. The molecule has 2 aromatic rings. The highest BCUT2D eigenvalue weighted by Gasteiger charge is 1.98. The molecule has 100 valence electrons. The number of anilines is 1. The highest BCUT2D eigenvalue weighted by atomic mass is 16.2. The molecule has 19 heavy (non-hydrogen) atoms. The maximum atomic E-state index is 8.87. The Bertz CT molecular complexity index is 531. The smallest absolute Gasteiger partial charge is 0.0471 e. The number of hydrogen-bond donors (Lipinski definition) is 2. The summed E-state index contributed by atoms with van der Waals surface area (Å²) in [5.41, 5.74) is 6.23. The van der Waals surface area contributed by atoms with Gasteiger partial charge in [0.2, 0.25) is 0 Å². The second-order valence-electron chi connectivity index (χ2n) is 4.94. The first-order valence-electron chi connectivity index (χ1n) is 6.69. The highest BCUT2D eigenvalue weighted by Crippen LogP contribution is 2.14. The molecule has 2 N–H and O–H groups in total. The molecule has 0 saturated heterocycles. The lowest BCUT2D eigenvalue weighted by Crippen LogP contribution is -2.00. The maximum Gasteiger partial charge on any atom is 0.0471 e. The Morgan fingerprint density at radius 1 is 0.895 bits per heavy atom. The van der Waals surface area contributed by atoms with Gasteiger partial charge in [-0.05, 0) is 54.7 Å². The van der Waals surface area contributed by atoms with E-state index in [0.717, 1.165) is 18.7 Å². The summed E-state index contributed by atoms with van der Waals surface area (Å²) < 4.78 is 0. The van der Waals surface area contributed by atoms with Gasteiger partial charge in [-0.15, -0.1) is 0 Å². The molecule has 2 aromatic carbocycles. The van der Waals surface area contributed by atoms with Gasteiger partial charge in [0.15, 0.2) is 0 Å². The Labute approximate surface area is 115 Å². The molecule has 2 rings (SSSR count). The van der Waals surface area contributed by atoms with Crippen molar-refractivity contribution in [3.05, 3.63) is 64.7 Å². The fraction of sp³-hybridized carbons (Fsp3) is 0.294. The fourth-order valence-electron chi connectivity index (χ4n) is 2.04. The molecule has 0 fully saturated rings. The van der Waals surface area contributed by atoms with E-state index in [1.165, 1.54) is 22.3 Å². The van der Waals surface area contributed by atoms with E-state index in [1.807, 2.05) is 0 Å². The molecule has 0 bridgehead atoms. The number of aryl methyl sites for hydroxylation is 2. The number of aliphatic hydroxyl groups excluding tert-OH is 1. The zero-order valence-corrected chi connectivity index (χ0v) is 11.6. The normalized spacial score (nSPS) is 10.5. The second-order valence-corrected chi connectivity index (χ2v) is 4.94. The summed E-state index contributed by atoms with van der Waals surface area (Å²) in [4.78, 5) is 0. The molecule has 0 saturated carbocycles. The van der Waals surface area contributed by atoms with Crippen LogP contribution in [-0.4, -0.2) is 11.7 Å².